The topological polar surface area (TPSA) is 207 Å². The SMILES string of the molecule is CC(C)C[C@H](NC(=O)[C@@H](Cc1ccccc1)NC(=O)CNC(=O)CNC(=O)[C@H](Cc1ccc(OCc2ccccc2)cc1)NC(=O)OC(C)(C)C)C(N)=O. The number of hydrogen-bond donors (Lipinski definition) is 6. The molecule has 3 atom stereocenters. The molecule has 0 fully saturated rings. The highest BCUT2D eigenvalue weighted by molar-refractivity contribution is 5.94. The Kier molecular flexibility index (Phi) is 16.5. The minimum Gasteiger partial charge on any atom is -0.489 e. The molecule has 0 saturated carbocycles. The van der Waals surface area contributed by atoms with Crippen LogP contribution >= 0.6 is 0 Å². The van der Waals surface area contributed by atoms with Gasteiger partial charge in [0.1, 0.15) is 36.1 Å². The Balaban J connectivity index is 1.58. The van der Waals surface area contributed by atoms with Gasteiger partial charge in [0.2, 0.25) is 29.5 Å². The standard InChI is InChI=1S/C40H52N6O8/c1-26(2)20-31(36(41)49)45-38(51)33(21-27-12-8-6-9-13-27)44-35(48)24-42-34(47)23-43-37(50)32(46-39(52)54-40(3,4)5)22-28-16-18-30(19-17-28)53-25-29-14-10-7-11-15-29/h6-19,26,31-33H,20-25H2,1-5H3,(H2,41,49)(H,42,47)(H,43,50)(H,44,48)(H,45,51)(H,46,52)/t31-,32-,33+/m0/s1. The number of carbonyl (C=O) groups is 6. The van der Waals surface area contributed by atoms with Gasteiger partial charge in [-0.05, 0) is 61.9 Å². The van der Waals surface area contributed by atoms with Crippen LogP contribution in [0.2, 0.25) is 0 Å². The van der Waals surface area contributed by atoms with Gasteiger partial charge in [-0.25, -0.2) is 4.79 Å². The smallest absolute Gasteiger partial charge is 0.408 e. The number of ether oxygens (including phenoxy) is 2. The zero-order chi connectivity index (χ0) is 39.7. The van der Waals surface area contributed by atoms with E-state index in [-0.39, 0.29) is 18.8 Å². The first kappa shape index (κ1) is 42.5. The molecular formula is C40H52N6O8. The first-order valence-electron chi connectivity index (χ1n) is 17.8. The molecule has 0 aliphatic rings. The average Bonchev–Trinajstić information content (AvgIpc) is 3.11. The Morgan fingerprint density at radius 3 is 1.72 bits per heavy atom. The van der Waals surface area contributed by atoms with Crippen molar-refractivity contribution in [3.05, 3.63) is 102 Å². The summed E-state index contributed by atoms with van der Waals surface area (Å²) in [7, 11) is 0. The third kappa shape index (κ3) is 16.2. The van der Waals surface area contributed by atoms with Crippen molar-refractivity contribution < 1.29 is 38.2 Å². The maximum Gasteiger partial charge on any atom is 0.408 e. The second kappa shape index (κ2) is 20.9. The van der Waals surface area contributed by atoms with Crippen LogP contribution < -0.4 is 37.1 Å². The lowest BCUT2D eigenvalue weighted by Gasteiger charge is -2.23. The monoisotopic (exact) mass is 744 g/mol. The number of rotatable bonds is 19. The van der Waals surface area contributed by atoms with Crippen LogP contribution in [0.25, 0.3) is 0 Å². The van der Waals surface area contributed by atoms with Gasteiger partial charge >= 0.3 is 6.09 Å². The van der Waals surface area contributed by atoms with E-state index in [9.17, 15) is 28.8 Å². The number of amides is 6. The predicted octanol–water partition coefficient (Wildman–Crippen LogP) is 2.68. The lowest BCUT2D eigenvalue weighted by atomic mass is 10.0. The highest BCUT2D eigenvalue weighted by Crippen LogP contribution is 2.16. The molecule has 3 aromatic carbocycles. The first-order chi connectivity index (χ1) is 25.6. The Labute approximate surface area is 316 Å². The lowest BCUT2D eigenvalue weighted by Crippen LogP contribution is -2.55. The molecule has 0 unspecified atom stereocenters. The van der Waals surface area contributed by atoms with Crippen molar-refractivity contribution in [2.45, 2.75) is 84.2 Å². The van der Waals surface area contributed by atoms with E-state index in [0.717, 1.165) is 11.1 Å². The van der Waals surface area contributed by atoms with E-state index in [1.165, 1.54) is 0 Å². The fraction of sp³-hybridized carbons (Fsp3) is 0.400. The lowest BCUT2D eigenvalue weighted by molar-refractivity contribution is -0.132. The molecule has 6 amide bonds. The van der Waals surface area contributed by atoms with Crippen molar-refractivity contribution in [3.8, 4) is 5.75 Å². The molecule has 3 aromatic rings. The molecule has 14 heteroatoms. The van der Waals surface area contributed by atoms with E-state index in [1.807, 2.05) is 50.2 Å². The van der Waals surface area contributed by atoms with Crippen molar-refractivity contribution in [1.82, 2.24) is 26.6 Å². The summed E-state index contributed by atoms with van der Waals surface area (Å²) in [6.45, 7) is 8.22. The van der Waals surface area contributed by atoms with Gasteiger partial charge in [0.25, 0.3) is 0 Å². The van der Waals surface area contributed by atoms with Crippen molar-refractivity contribution in [3.63, 3.8) is 0 Å². The summed E-state index contributed by atoms with van der Waals surface area (Å²) in [5.74, 6) is -2.63. The maximum atomic E-state index is 13.3. The molecular weight excluding hydrogens is 692 g/mol. The molecule has 0 bridgehead atoms. The van der Waals surface area contributed by atoms with Crippen LogP contribution in [-0.4, -0.2) is 72.4 Å². The third-order valence-corrected chi connectivity index (χ3v) is 7.79. The number of nitrogens with two attached hydrogens (primary N) is 1. The number of primary amides is 1. The second-order valence-corrected chi connectivity index (χ2v) is 14.2. The second-order valence-electron chi connectivity index (χ2n) is 14.2. The summed E-state index contributed by atoms with van der Waals surface area (Å²) in [6.07, 6.45) is -0.302. The first-order valence-corrected chi connectivity index (χ1v) is 17.8. The van der Waals surface area contributed by atoms with E-state index < -0.39 is 72.4 Å². The van der Waals surface area contributed by atoms with Gasteiger partial charge < -0.3 is 41.8 Å². The molecule has 0 radical (unpaired) electrons. The fourth-order valence-electron chi connectivity index (χ4n) is 5.18. The maximum absolute atomic E-state index is 13.3. The molecule has 0 spiro atoms. The van der Waals surface area contributed by atoms with Crippen molar-refractivity contribution in [1.29, 1.82) is 0 Å². The van der Waals surface area contributed by atoms with Gasteiger partial charge in [-0.2, -0.15) is 0 Å². The van der Waals surface area contributed by atoms with Crippen LogP contribution in [0.1, 0.15) is 57.7 Å². The predicted molar refractivity (Wildman–Crippen MR) is 203 cm³/mol. The van der Waals surface area contributed by atoms with Gasteiger partial charge in [0, 0.05) is 12.8 Å². The highest BCUT2D eigenvalue weighted by atomic mass is 16.6. The molecule has 7 N–H and O–H groups in total. The number of benzene rings is 3. The zero-order valence-corrected chi connectivity index (χ0v) is 31.5. The summed E-state index contributed by atoms with van der Waals surface area (Å²) in [5.41, 5.74) is 7.16. The summed E-state index contributed by atoms with van der Waals surface area (Å²) >= 11 is 0. The summed E-state index contributed by atoms with van der Waals surface area (Å²) in [4.78, 5) is 76.8. The Morgan fingerprint density at radius 2 is 1.17 bits per heavy atom. The summed E-state index contributed by atoms with van der Waals surface area (Å²) in [6, 6.07) is 22.6. The van der Waals surface area contributed by atoms with Gasteiger partial charge in [0.05, 0.1) is 13.1 Å². The van der Waals surface area contributed by atoms with Crippen molar-refractivity contribution >= 4 is 35.6 Å². The number of hydrogen-bond acceptors (Lipinski definition) is 8. The van der Waals surface area contributed by atoms with Crippen LogP contribution in [0.5, 0.6) is 5.75 Å². The number of alkyl carbamates (subject to hydrolysis) is 1. The Morgan fingerprint density at radius 1 is 0.630 bits per heavy atom. The molecule has 290 valence electrons. The van der Waals surface area contributed by atoms with Crippen molar-refractivity contribution in [2.75, 3.05) is 13.1 Å². The fourth-order valence-corrected chi connectivity index (χ4v) is 5.18. The van der Waals surface area contributed by atoms with Crippen molar-refractivity contribution in [2.24, 2.45) is 11.7 Å². The molecule has 0 heterocycles. The van der Waals surface area contributed by atoms with E-state index in [4.69, 9.17) is 15.2 Å². The van der Waals surface area contributed by atoms with E-state index >= 15 is 0 Å². The summed E-state index contributed by atoms with van der Waals surface area (Å²) < 4.78 is 11.2. The highest BCUT2D eigenvalue weighted by Gasteiger charge is 2.28. The van der Waals surface area contributed by atoms with Crippen LogP contribution in [0.4, 0.5) is 4.79 Å². The quantitative estimate of drug-likeness (QED) is 0.107. The minimum atomic E-state index is -1.11. The number of nitrogens with one attached hydrogen (secondary N) is 5. The average molecular weight is 745 g/mol. The van der Waals surface area contributed by atoms with Crippen LogP contribution in [0.3, 0.4) is 0 Å². The summed E-state index contributed by atoms with van der Waals surface area (Å²) in [5, 5.41) is 12.7. The van der Waals surface area contributed by atoms with E-state index in [0.29, 0.717) is 24.3 Å². The third-order valence-electron chi connectivity index (χ3n) is 7.79. The minimum absolute atomic E-state index is 0.0704. The van der Waals surface area contributed by atoms with Gasteiger partial charge in [-0.15, -0.1) is 0 Å². The molecule has 0 saturated heterocycles. The van der Waals surface area contributed by atoms with Gasteiger partial charge in [-0.1, -0.05) is 86.6 Å². The van der Waals surface area contributed by atoms with Gasteiger partial charge in [-0.3, -0.25) is 24.0 Å². The molecule has 3 rings (SSSR count). The zero-order valence-electron chi connectivity index (χ0n) is 31.5. The van der Waals surface area contributed by atoms with Crippen LogP contribution in [0.15, 0.2) is 84.9 Å². The normalized spacial score (nSPS) is 12.7. The van der Waals surface area contributed by atoms with Gasteiger partial charge in [0.15, 0.2) is 0 Å². The Hall–Kier alpha value is -5.92. The molecule has 54 heavy (non-hydrogen) atoms. The van der Waals surface area contributed by atoms with Crippen LogP contribution in [0, 0.1) is 5.92 Å². The molecule has 14 nitrogen and oxygen atoms in total. The Bertz CT molecular complexity index is 1690. The molecule has 0 aliphatic carbocycles. The van der Waals surface area contributed by atoms with E-state index in [1.54, 1.807) is 69.3 Å². The van der Waals surface area contributed by atoms with Crippen LogP contribution in [-0.2, 0) is 48.2 Å². The molecule has 0 aromatic heterocycles. The number of carbonyl (C=O) groups excluding carboxylic acids is 6. The molecule has 0 aliphatic heterocycles. The van der Waals surface area contributed by atoms with E-state index in [2.05, 4.69) is 26.6 Å². The largest absolute Gasteiger partial charge is 0.489 e.